The van der Waals surface area contributed by atoms with Gasteiger partial charge in [0, 0.05) is 11.8 Å². The molecule has 0 N–H and O–H groups in total. The lowest BCUT2D eigenvalue weighted by atomic mass is 10.1. The summed E-state index contributed by atoms with van der Waals surface area (Å²) in [7, 11) is 0. The topological polar surface area (TPSA) is 60.7 Å². The number of aromatic nitrogens is 2. The fourth-order valence-electron chi connectivity index (χ4n) is 2.48. The van der Waals surface area contributed by atoms with Gasteiger partial charge in [-0.15, -0.1) is 0 Å². The summed E-state index contributed by atoms with van der Waals surface area (Å²) in [5, 5.41) is 0. The number of carbonyl (C=O) groups is 1. The average Bonchev–Trinajstić information content (AvgIpc) is 2.59. The second-order valence-corrected chi connectivity index (χ2v) is 5.60. The number of fused-ring (bicyclic) bond motifs is 1. The van der Waals surface area contributed by atoms with Crippen LogP contribution in [0.3, 0.4) is 0 Å². The molecule has 0 saturated carbocycles. The Bertz CT molecular complexity index is 1040. The number of nitrogens with zero attached hydrogens (tertiary/aromatic N) is 2. The molecule has 3 aromatic rings. The summed E-state index contributed by atoms with van der Waals surface area (Å²) >= 11 is 0. The Hall–Kier alpha value is -3.16. The second-order valence-electron chi connectivity index (χ2n) is 5.60. The van der Waals surface area contributed by atoms with E-state index < -0.39 is 17.7 Å². The molecule has 0 fully saturated rings. The van der Waals surface area contributed by atoms with E-state index in [1.807, 2.05) is 0 Å². The maximum Gasteiger partial charge on any atom is 0.416 e. The van der Waals surface area contributed by atoms with Crippen LogP contribution in [0.5, 0.6) is 0 Å². The average molecular weight is 362 g/mol. The van der Waals surface area contributed by atoms with Crippen molar-refractivity contribution in [2.45, 2.75) is 19.7 Å². The first-order chi connectivity index (χ1) is 12.3. The van der Waals surface area contributed by atoms with Crippen molar-refractivity contribution in [3.05, 3.63) is 81.4 Å². The van der Waals surface area contributed by atoms with Crippen LogP contribution in [-0.4, -0.2) is 15.4 Å². The van der Waals surface area contributed by atoms with Gasteiger partial charge < -0.3 is 4.74 Å². The van der Waals surface area contributed by atoms with Crippen LogP contribution in [0.15, 0.2) is 53.3 Å². The van der Waals surface area contributed by atoms with Crippen LogP contribution >= 0.6 is 0 Å². The SMILES string of the molecule is Cc1cccc2nc(COC(=O)c3cccc(C(F)(F)F)c3)cc(=O)n12. The Labute approximate surface area is 145 Å². The molecule has 5 nitrogen and oxygen atoms in total. The van der Waals surface area contributed by atoms with Gasteiger partial charge in [0.2, 0.25) is 0 Å². The number of esters is 1. The number of hydrogen-bond donors (Lipinski definition) is 0. The normalized spacial score (nSPS) is 11.5. The van der Waals surface area contributed by atoms with Crippen LogP contribution in [0, 0.1) is 6.92 Å². The third kappa shape index (κ3) is 3.58. The quantitative estimate of drug-likeness (QED) is 0.670. The van der Waals surface area contributed by atoms with Crippen molar-refractivity contribution in [1.29, 1.82) is 0 Å². The molecule has 0 aliphatic rings. The molecule has 8 heteroatoms. The Morgan fingerprint density at radius 2 is 1.88 bits per heavy atom. The molecule has 0 saturated heterocycles. The number of hydrogen-bond acceptors (Lipinski definition) is 4. The number of alkyl halides is 3. The Morgan fingerprint density at radius 3 is 2.62 bits per heavy atom. The molecule has 0 spiro atoms. The number of benzene rings is 1. The van der Waals surface area contributed by atoms with Gasteiger partial charge in [-0.2, -0.15) is 13.2 Å². The molecule has 0 amide bonds. The third-order valence-corrected chi connectivity index (χ3v) is 3.71. The molecule has 0 aliphatic heterocycles. The molecule has 2 heterocycles. The first-order valence-electron chi connectivity index (χ1n) is 7.58. The van der Waals surface area contributed by atoms with E-state index in [2.05, 4.69) is 4.98 Å². The molecule has 0 aliphatic carbocycles. The predicted molar refractivity (Wildman–Crippen MR) is 86.8 cm³/mol. The smallest absolute Gasteiger partial charge is 0.416 e. The highest BCUT2D eigenvalue weighted by molar-refractivity contribution is 5.89. The van der Waals surface area contributed by atoms with E-state index in [1.165, 1.54) is 16.5 Å². The molecule has 0 unspecified atom stereocenters. The molecule has 2 aromatic heterocycles. The maximum absolute atomic E-state index is 12.7. The zero-order valence-corrected chi connectivity index (χ0v) is 13.6. The summed E-state index contributed by atoms with van der Waals surface area (Å²) in [6.45, 7) is 1.43. The largest absolute Gasteiger partial charge is 0.456 e. The lowest BCUT2D eigenvalue weighted by Gasteiger charge is -2.09. The molecule has 0 atom stereocenters. The number of pyridine rings is 1. The number of rotatable bonds is 3. The zero-order valence-electron chi connectivity index (χ0n) is 13.6. The van der Waals surface area contributed by atoms with Crippen molar-refractivity contribution in [1.82, 2.24) is 9.38 Å². The minimum absolute atomic E-state index is 0.209. The van der Waals surface area contributed by atoms with Crippen LogP contribution in [0.1, 0.15) is 27.3 Å². The minimum Gasteiger partial charge on any atom is -0.456 e. The second kappa shape index (κ2) is 6.62. The molecule has 0 bridgehead atoms. The number of halogens is 3. The molecular formula is C18H13F3N2O3. The highest BCUT2D eigenvalue weighted by Gasteiger charge is 2.31. The van der Waals surface area contributed by atoms with Crippen molar-refractivity contribution in [3.63, 3.8) is 0 Å². The highest BCUT2D eigenvalue weighted by Crippen LogP contribution is 2.29. The van der Waals surface area contributed by atoms with Crippen LogP contribution in [0.4, 0.5) is 13.2 Å². The van der Waals surface area contributed by atoms with Gasteiger partial charge >= 0.3 is 12.1 Å². The van der Waals surface area contributed by atoms with Crippen molar-refractivity contribution < 1.29 is 22.7 Å². The molecule has 1 aromatic carbocycles. The van der Waals surface area contributed by atoms with Crippen molar-refractivity contribution in [2.75, 3.05) is 0 Å². The third-order valence-electron chi connectivity index (χ3n) is 3.71. The van der Waals surface area contributed by atoms with Gasteiger partial charge in [0.15, 0.2) is 0 Å². The minimum atomic E-state index is -4.55. The van der Waals surface area contributed by atoms with Gasteiger partial charge in [-0.05, 0) is 37.3 Å². The summed E-state index contributed by atoms with van der Waals surface area (Å²) in [6, 6.07) is 10.3. The summed E-state index contributed by atoms with van der Waals surface area (Å²) in [4.78, 5) is 28.4. The standard InChI is InChI=1S/C18H13F3N2O3/c1-11-4-2-7-15-22-14(9-16(24)23(11)15)10-26-17(25)12-5-3-6-13(8-12)18(19,20)21/h2-9H,10H2,1H3. The van der Waals surface area contributed by atoms with Gasteiger partial charge in [-0.3, -0.25) is 9.20 Å². The van der Waals surface area contributed by atoms with E-state index in [0.717, 1.165) is 12.1 Å². The first-order valence-corrected chi connectivity index (χ1v) is 7.58. The van der Waals surface area contributed by atoms with Gasteiger partial charge in [0.25, 0.3) is 5.56 Å². The molecule has 134 valence electrons. The first kappa shape index (κ1) is 17.7. The van der Waals surface area contributed by atoms with Gasteiger partial charge in [0.1, 0.15) is 12.3 Å². The number of carbonyl (C=O) groups excluding carboxylic acids is 1. The number of ether oxygens (including phenoxy) is 1. The Morgan fingerprint density at radius 1 is 1.15 bits per heavy atom. The molecule has 0 radical (unpaired) electrons. The molecule has 3 rings (SSSR count). The van der Waals surface area contributed by atoms with E-state index >= 15 is 0 Å². The summed E-state index contributed by atoms with van der Waals surface area (Å²) in [6.07, 6.45) is -4.55. The summed E-state index contributed by atoms with van der Waals surface area (Å²) < 4.78 is 44.5. The van der Waals surface area contributed by atoms with Crippen molar-refractivity contribution >= 4 is 11.6 Å². The van der Waals surface area contributed by atoms with Crippen molar-refractivity contribution in [3.8, 4) is 0 Å². The number of aryl methyl sites for hydroxylation is 1. The summed E-state index contributed by atoms with van der Waals surface area (Å²) in [5.74, 6) is -0.928. The molecular weight excluding hydrogens is 349 g/mol. The summed E-state index contributed by atoms with van der Waals surface area (Å²) in [5.41, 5.74) is -0.202. The van der Waals surface area contributed by atoms with Crippen LogP contribution in [0.25, 0.3) is 5.65 Å². The van der Waals surface area contributed by atoms with E-state index in [4.69, 9.17) is 4.74 Å². The molecule has 26 heavy (non-hydrogen) atoms. The fourth-order valence-corrected chi connectivity index (χ4v) is 2.48. The van der Waals surface area contributed by atoms with Gasteiger partial charge in [-0.25, -0.2) is 9.78 Å². The van der Waals surface area contributed by atoms with E-state index in [-0.39, 0.29) is 23.4 Å². The Balaban J connectivity index is 1.80. The van der Waals surface area contributed by atoms with Crippen molar-refractivity contribution in [2.24, 2.45) is 0 Å². The lowest BCUT2D eigenvalue weighted by Crippen LogP contribution is -2.18. The highest BCUT2D eigenvalue weighted by atomic mass is 19.4. The van der Waals surface area contributed by atoms with Gasteiger partial charge in [-0.1, -0.05) is 12.1 Å². The Kier molecular flexibility index (Phi) is 4.50. The predicted octanol–water partition coefficient (Wildman–Crippen LogP) is 3.38. The maximum atomic E-state index is 12.7. The van der Waals surface area contributed by atoms with E-state index in [1.54, 1.807) is 25.1 Å². The zero-order chi connectivity index (χ0) is 18.9. The lowest BCUT2D eigenvalue weighted by molar-refractivity contribution is -0.137. The van der Waals surface area contributed by atoms with Crippen LogP contribution in [0.2, 0.25) is 0 Å². The van der Waals surface area contributed by atoms with Crippen LogP contribution < -0.4 is 5.56 Å². The van der Waals surface area contributed by atoms with E-state index in [9.17, 15) is 22.8 Å². The van der Waals surface area contributed by atoms with Crippen LogP contribution in [-0.2, 0) is 17.5 Å². The monoisotopic (exact) mass is 362 g/mol. The fraction of sp³-hybridized carbons (Fsp3) is 0.167. The van der Waals surface area contributed by atoms with E-state index in [0.29, 0.717) is 17.4 Å². The van der Waals surface area contributed by atoms with Gasteiger partial charge in [0.05, 0.1) is 16.8 Å².